The molecule has 1 N–H and O–H groups in total. The molecule has 0 aliphatic carbocycles. The molecular weight excluding hydrogens is 522 g/mol. The van der Waals surface area contributed by atoms with Gasteiger partial charge in [-0.3, -0.25) is 13.9 Å². The van der Waals surface area contributed by atoms with Gasteiger partial charge in [0.2, 0.25) is 21.8 Å². The Balaban J connectivity index is 2.06. The Morgan fingerprint density at radius 1 is 0.800 bits per heavy atom. The number of hydrogen-bond acceptors (Lipinski definition) is 4. The summed E-state index contributed by atoms with van der Waals surface area (Å²) in [7, 11) is -3.82. The molecule has 214 valence electrons. The Morgan fingerprint density at radius 2 is 1.35 bits per heavy atom. The van der Waals surface area contributed by atoms with E-state index in [1.165, 1.54) is 4.90 Å². The molecule has 0 aliphatic heterocycles. The van der Waals surface area contributed by atoms with E-state index in [1.807, 2.05) is 100 Å². The Kier molecular flexibility index (Phi) is 10.9. The fourth-order valence-corrected chi connectivity index (χ4v) is 5.42. The molecule has 0 radical (unpaired) electrons. The second-order valence-corrected chi connectivity index (χ2v) is 12.7. The van der Waals surface area contributed by atoms with Crippen molar-refractivity contribution in [2.45, 2.75) is 52.6 Å². The van der Waals surface area contributed by atoms with Gasteiger partial charge in [0.15, 0.2) is 0 Å². The van der Waals surface area contributed by atoms with E-state index < -0.39 is 28.5 Å². The fraction of sp³-hybridized carbons (Fsp3) is 0.375. The van der Waals surface area contributed by atoms with Gasteiger partial charge in [-0.15, -0.1) is 0 Å². The van der Waals surface area contributed by atoms with Gasteiger partial charge in [-0.25, -0.2) is 8.42 Å². The van der Waals surface area contributed by atoms with Gasteiger partial charge in [-0.2, -0.15) is 0 Å². The first-order valence-electron chi connectivity index (χ1n) is 13.7. The molecule has 3 aromatic carbocycles. The second-order valence-electron chi connectivity index (χ2n) is 10.8. The van der Waals surface area contributed by atoms with Crippen molar-refractivity contribution >= 4 is 27.5 Å². The minimum absolute atomic E-state index is 0.0450. The highest BCUT2D eigenvalue weighted by molar-refractivity contribution is 7.92. The highest BCUT2D eigenvalue weighted by Gasteiger charge is 2.33. The molecule has 1 atom stereocenters. The van der Waals surface area contributed by atoms with Crippen LogP contribution in [0.5, 0.6) is 0 Å². The summed E-state index contributed by atoms with van der Waals surface area (Å²) < 4.78 is 27.3. The van der Waals surface area contributed by atoms with Crippen LogP contribution >= 0.6 is 0 Å². The highest BCUT2D eigenvalue weighted by Crippen LogP contribution is 2.29. The van der Waals surface area contributed by atoms with E-state index >= 15 is 0 Å². The number of benzene rings is 3. The summed E-state index contributed by atoms with van der Waals surface area (Å²) in [5.41, 5.74) is 3.05. The topological polar surface area (TPSA) is 86.8 Å². The predicted octanol–water partition coefficient (Wildman–Crippen LogP) is 4.99. The standard InChI is InChI=1S/C32H41N3O4S/c1-24(2)21-33-32(37)30(20-26-14-8-6-9-15-26)34(22-27-16-10-7-11-17-27)31(36)23-35(40(5,38)39)29-19-13-12-18-28(29)25(3)4/h6-19,24-25,30H,20-23H2,1-5H3,(H,33,37)/t30-/m1/s1. The average molecular weight is 564 g/mol. The fourth-order valence-electron chi connectivity index (χ4n) is 4.55. The quantitative estimate of drug-likeness (QED) is 0.318. The lowest BCUT2D eigenvalue weighted by molar-refractivity contribution is -0.140. The molecule has 0 saturated heterocycles. The summed E-state index contributed by atoms with van der Waals surface area (Å²) in [6, 6.07) is 25.4. The van der Waals surface area contributed by atoms with Gasteiger partial charge in [-0.1, -0.05) is 107 Å². The molecule has 0 bridgehead atoms. The van der Waals surface area contributed by atoms with Gasteiger partial charge in [0.25, 0.3) is 0 Å². The number of carbonyl (C=O) groups is 2. The van der Waals surface area contributed by atoms with Crippen molar-refractivity contribution in [3.05, 3.63) is 102 Å². The molecule has 0 saturated carbocycles. The van der Waals surface area contributed by atoms with Crippen LogP contribution in [0, 0.1) is 5.92 Å². The Hall–Kier alpha value is -3.65. The maximum Gasteiger partial charge on any atom is 0.244 e. The van der Waals surface area contributed by atoms with E-state index in [0.29, 0.717) is 18.7 Å². The number of nitrogens with zero attached hydrogens (tertiary/aromatic N) is 2. The zero-order chi connectivity index (χ0) is 29.3. The van der Waals surface area contributed by atoms with E-state index in [2.05, 4.69) is 5.32 Å². The van der Waals surface area contributed by atoms with Gasteiger partial charge >= 0.3 is 0 Å². The van der Waals surface area contributed by atoms with E-state index in [0.717, 1.165) is 27.3 Å². The monoisotopic (exact) mass is 563 g/mol. The van der Waals surface area contributed by atoms with Gasteiger partial charge in [0.1, 0.15) is 12.6 Å². The first kappa shape index (κ1) is 30.9. The normalized spacial score (nSPS) is 12.3. The van der Waals surface area contributed by atoms with Crippen molar-refractivity contribution in [3.8, 4) is 0 Å². The van der Waals surface area contributed by atoms with Crippen LogP contribution in [0.4, 0.5) is 5.69 Å². The van der Waals surface area contributed by atoms with E-state index in [4.69, 9.17) is 0 Å². The van der Waals surface area contributed by atoms with Gasteiger partial charge in [0, 0.05) is 19.5 Å². The maximum absolute atomic E-state index is 14.2. The Morgan fingerprint density at radius 3 is 1.90 bits per heavy atom. The maximum atomic E-state index is 14.2. The third-order valence-corrected chi connectivity index (χ3v) is 7.78. The van der Waals surface area contributed by atoms with Crippen molar-refractivity contribution in [2.75, 3.05) is 23.7 Å². The molecule has 0 unspecified atom stereocenters. The second kappa shape index (κ2) is 14.1. The molecule has 40 heavy (non-hydrogen) atoms. The third-order valence-electron chi connectivity index (χ3n) is 6.66. The zero-order valence-electron chi connectivity index (χ0n) is 24.1. The summed E-state index contributed by atoms with van der Waals surface area (Å²) in [5, 5.41) is 3.00. The number of rotatable bonds is 13. The van der Waals surface area contributed by atoms with Crippen LogP contribution in [-0.4, -0.2) is 50.5 Å². The first-order chi connectivity index (χ1) is 19.0. The average Bonchev–Trinajstić information content (AvgIpc) is 2.92. The van der Waals surface area contributed by atoms with Gasteiger partial charge in [0.05, 0.1) is 11.9 Å². The summed E-state index contributed by atoms with van der Waals surface area (Å²) in [4.78, 5) is 29.3. The smallest absolute Gasteiger partial charge is 0.244 e. The number of carbonyl (C=O) groups excluding carboxylic acids is 2. The number of para-hydroxylation sites is 1. The van der Waals surface area contributed by atoms with Crippen LogP contribution < -0.4 is 9.62 Å². The van der Waals surface area contributed by atoms with Crippen molar-refractivity contribution in [1.82, 2.24) is 10.2 Å². The molecule has 3 rings (SSSR count). The summed E-state index contributed by atoms with van der Waals surface area (Å²) in [5.74, 6) is -0.444. The number of hydrogen-bond donors (Lipinski definition) is 1. The number of sulfonamides is 1. The van der Waals surface area contributed by atoms with Crippen molar-refractivity contribution in [2.24, 2.45) is 5.92 Å². The molecular formula is C32H41N3O4S. The van der Waals surface area contributed by atoms with Crippen molar-refractivity contribution < 1.29 is 18.0 Å². The third kappa shape index (κ3) is 8.68. The van der Waals surface area contributed by atoms with Gasteiger partial charge in [-0.05, 0) is 34.6 Å². The SMILES string of the molecule is CC(C)CNC(=O)[C@@H](Cc1ccccc1)N(Cc1ccccc1)C(=O)CN(c1ccccc1C(C)C)S(C)(=O)=O. The summed E-state index contributed by atoms with van der Waals surface area (Å²) >= 11 is 0. The lowest BCUT2D eigenvalue weighted by Crippen LogP contribution is -2.53. The molecule has 0 fully saturated rings. The van der Waals surface area contributed by atoms with Crippen LogP contribution in [0.15, 0.2) is 84.9 Å². The van der Waals surface area contributed by atoms with E-state index in [-0.39, 0.29) is 24.3 Å². The number of anilines is 1. The van der Waals surface area contributed by atoms with Crippen molar-refractivity contribution in [1.29, 1.82) is 0 Å². The molecule has 3 aromatic rings. The molecule has 2 amide bonds. The largest absolute Gasteiger partial charge is 0.354 e. The van der Waals surface area contributed by atoms with Crippen LogP contribution in [0.2, 0.25) is 0 Å². The molecule has 0 spiro atoms. The zero-order valence-corrected chi connectivity index (χ0v) is 24.9. The van der Waals surface area contributed by atoms with Crippen molar-refractivity contribution in [3.63, 3.8) is 0 Å². The Bertz CT molecular complexity index is 1360. The summed E-state index contributed by atoms with van der Waals surface area (Å²) in [6.07, 6.45) is 1.40. The van der Waals surface area contributed by atoms with Crippen LogP contribution in [-0.2, 0) is 32.6 Å². The van der Waals surface area contributed by atoms with Crippen LogP contribution in [0.1, 0.15) is 50.3 Å². The molecule has 0 aliphatic rings. The molecule has 7 nitrogen and oxygen atoms in total. The molecule has 0 aromatic heterocycles. The highest BCUT2D eigenvalue weighted by atomic mass is 32.2. The Labute approximate surface area is 239 Å². The first-order valence-corrected chi connectivity index (χ1v) is 15.5. The van der Waals surface area contributed by atoms with Crippen LogP contribution in [0.25, 0.3) is 0 Å². The van der Waals surface area contributed by atoms with E-state index in [9.17, 15) is 18.0 Å². The van der Waals surface area contributed by atoms with E-state index in [1.54, 1.807) is 12.1 Å². The van der Waals surface area contributed by atoms with Crippen LogP contribution in [0.3, 0.4) is 0 Å². The van der Waals surface area contributed by atoms with Gasteiger partial charge < -0.3 is 10.2 Å². The lowest BCUT2D eigenvalue weighted by Gasteiger charge is -2.34. The molecule has 8 heteroatoms. The minimum atomic E-state index is -3.82. The minimum Gasteiger partial charge on any atom is -0.354 e. The molecule has 0 heterocycles. The lowest BCUT2D eigenvalue weighted by atomic mass is 10.0. The number of amides is 2. The predicted molar refractivity (Wildman–Crippen MR) is 161 cm³/mol. The summed E-state index contributed by atoms with van der Waals surface area (Å²) in [6.45, 7) is 8.20. The number of nitrogens with one attached hydrogen (secondary N) is 1.